The Kier molecular flexibility index (Phi) is 4.79. The number of pyridine rings is 1. The van der Waals surface area contributed by atoms with Gasteiger partial charge in [0.2, 0.25) is 0 Å². The molecule has 0 N–H and O–H groups in total. The van der Waals surface area contributed by atoms with Gasteiger partial charge in [0.05, 0.1) is 17.8 Å². The van der Waals surface area contributed by atoms with Gasteiger partial charge < -0.3 is 0 Å². The predicted octanol–water partition coefficient (Wildman–Crippen LogP) is 2.21. The molecule has 0 aliphatic heterocycles. The minimum Gasteiger partial charge on any atom is -0.282 e. The van der Waals surface area contributed by atoms with Gasteiger partial charge in [-0.1, -0.05) is 19.9 Å². The molecule has 0 aliphatic carbocycles. The molecule has 1 unspecified atom stereocenters. The van der Waals surface area contributed by atoms with Gasteiger partial charge >= 0.3 is 0 Å². The van der Waals surface area contributed by atoms with Crippen molar-refractivity contribution in [2.75, 3.05) is 6.54 Å². The monoisotopic (exact) mass is 203 g/mol. The zero-order chi connectivity index (χ0) is 11.1. The first-order valence-electron chi connectivity index (χ1n) is 5.35. The summed E-state index contributed by atoms with van der Waals surface area (Å²) in [5.74, 6) is 0. The van der Waals surface area contributed by atoms with Crippen molar-refractivity contribution in [1.29, 1.82) is 5.26 Å². The summed E-state index contributed by atoms with van der Waals surface area (Å²) < 4.78 is 0. The number of nitriles is 1. The summed E-state index contributed by atoms with van der Waals surface area (Å²) in [5.41, 5.74) is 1.02. The molecule has 80 valence electrons. The molecule has 3 heteroatoms. The van der Waals surface area contributed by atoms with Crippen LogP contribution in [-0.2, 0) is 6.54 Å². The van der Waals surface area contributed by atoms with E-state index in [1.165, 1.54) is 0 Å². The van der Waals surface area contributed by atoms with E-state index in [0.717, 1.165) is 25.2 Å². The Morgan fingerprint density at radius 3 is 2.73 bits per heavy atom. The zero-order valence-corrected chi connectivity index (χ0v) is 9.35. The van der Waals surface area contributed by atoms with Crippen LogP contribution in [0, 0.1) is 11.3 Å². The number of aromatic nitrogens is 1. The molecular formula is C12H17N3. The molecule has 0 spiro atoms. The lowest BCUT2D eigenvalue weighted by atomic mass is 10.2. The van der Waals surface area contributed by atoms with Crippen LogP contribution in [0.25, 0.3) is 0 Å². The second-order valence-corrected chi connectivity index (χ2v) is 3.44. The first-order chi connectivity index (χ1) is 7.31. The van der Waals surface area contributed by atoms with Crippen LogP contribution in [0.2, 0.25) is 0 Å². The van der Waals surface area contributed by atoms with Crippen molar-refractivity contribution in [2.45, 2.75) is 32.9 Å². The van der Waals surface area contributed by atoms with Crippen molar-refractivity contribution in [1.82, 2.24) is 9.88 Å². The minimum atomic E-state index is -0.00277. The fourth-order valence-corrected chi connectivity index (χ4v) is 1.57. The quantitative estimate of drug-likeness (QED) is 0.736. The molecule has 0 bridgehead atoms. The highest BCUT2D eigenvalue weighted by Gasteiger charge is 2.14. The average Bonchev–Trinajstić information content (AvgIpc) is 2.30. The van der Waals surface area contributed by atoms with E-state index in [4.69, 9.17) is 5.26 Å². The summed E-state index contributed by atoms with van der Waals surface area (Å²) in [4.78, 5) is 6.41. The zero-order valence-electron chi connectivity index (χ0n) is 9.35. The van der Waals surface area contributed by atoms with Crippen molar-refractivity contribution in [3.63, 3.8) is 0 Å². The fraction of sp³-hybridized carbons (Fsp3) is 0.500. The largest absolute Gasteiger partial charge is 0.282 e. The third kappa shape index (κ3) is 3.34. The Bertz CT molecular complexity index is 315. The number of hydrogen-bond donors (Lipinski definition) is 0. The van der Waals surface area contributed by atoms with Crippen LogP contribution in [-0.4, -0.2) is 22.5 Å². The molecule has 0 aromatic carbocycles. The van der Waals surface area contributed by atoms with Gasteiger partial charge in [0.1, 0.15) is 0 Å². The minimum absolute atomic E-state index is 0.00277. The Balaban J connectivity index is 2.66. The summed E-state index contributed by atoms with van der Waals surface area (Å²) in [6, 6.07) is 8.19. The van der Waals surface area contributed by atoms with Crippen LogP contribution in [0.15, 0.2) is 24.4 Å². The molecule has 15 heavy (non-hydrogen) atoms. The maximum atomic E-state index is 8.99. The van der Waals surface area contributed by atoms with Gasteiger partial charge in [-0.05, 0) is 25.1 Å². The van der Waals surface area contributed by atoms with Crippen molar-refractivity contribution in [3.8, 4) is 6.07 Å². The molecule has 0 amide bonds. The van der Waals surface area contributed by atoms with Gasteiger partial charge in [0, 0.05) is 12.7 Å². The Morgan fingerprint density at radius 2 is 2.27 bits per heavy atom. The summed E-state index contributed by atoms with van der Waals surface area (Å²) >= 11 is 0. The normalized spacial score (nSPS) is 12.4. The van der Waals surface area contributed by atoms with Crippen LogP contribution >= 0.6 is 0 Å². The van der Waals surface area contributed by atoms with E-state index in [0.29, 0.717) is 0 Å². The Hall–Kier alpha value is -1.40. The van der Waals surface area contributed by atoms with Crippen LogP contribution in [0.4, 0.5) is 0 Å². The van der Waals surface area contributed by atoms with E-state index in [9.17, 15) is 0 Å². The molecule has 0 aliphatic rings. The van der Waals surface area contributed by atoms with E-state index < -0.39 is 0 Å². The molecular weight excluding hydrogens is 186 g/mol. The van der Waals surface area contributed by atoms with Gasteiger partial charge in [-0.15, -0.1) is 0 Å². The molecule has 0 saturated carbocycles. The van der Waals surface area contributed by atoms with Crippen molar-refractivity contribution >= 4 is 0 Å². The van der Waals surface area contributed by atoms with Crippen molar-refractivity contribution < 1.29 is 0 Å². The lowest BCUT2D eigenvalue weighted by Gasteiger charge is -2.24. The molecule has 3 nitrogen and oxygen atoms in total. The SMILES string of the molecule is CCC(C#N)N(CC)Cc1ccccn1. The standard InChI is InChI=1S/C12H17N3/c1-3-12(9-13)15(4-2)10-11-7-5-6-8-14-11/h5-8,12H,3-4,10H2,1-2H3. The molecule has 1 rings (SSSR count). The number of hydrogen-bond acceptors (Lipinski definition) is 3. The summed E-state index contributed by atoms with van der Waals surface area (Å²) in [6.45, 7) is 5.74. The third-order valence-corrected chi connectivity index (χ3v) is 2.47. The van der Waals surface area contributed by atoms with Gasteiger partial charge in [0.15, 0.2) is 0 Å². The molecule has 1 aromatic heterocycles. The Labute approximate surface area is 91.4 Å². The van der Waals surface area contributed by atoms with Gasteiger partial charge in [-0.25, -0.2) is 0 Å². The molecule has 1 aromatic rings. The Morgan fingerprint density at radius 1 is 1.47 bits per heavy atom. The van der Waals surface area contributed by atoms with Crippen LogP contribution in [0.5, 0.6) is 0 Å². The molecule has 1 heterocycles. The van der Waals surface area contributed by atoms with E-state index in [-0.39, 0.29) is 6.04 Å². The van der Waals surface area contributed by atoms with Crippen LogP contribution < -0.4 is 0 Å². The highest BCUT2D eigenvalue weighted by molar-refractivity contribution is 5.04. The topological polar surface area (TPSA) is 39.9 Å². The molecule has 0 radical (unpaired) electrons. The number of nitrogens with zero attached hydrogens (tertiary/aromatic N) is 3. The van der Waals surface area contributed by atoms with Crippen molar-refractivity contribution in [3.05, 3.63) is 30.1 Å². The lowest BCUT2D eigenvalue weighted by Crippen LogP contribution is -2.33. The fourth-order valence-electron chi connectivity index (χ4n) is 1.57. The molecule has 0 saturated heterocycles. The summed E-state index contributed by atoms with van der Waals surface area (Å²) in [7, 11) is 0. The van der Waals surface area contributed by atoms with E-state index >= 15 is 0 Å². The van der Waals surface area contributed by atoms with Crippen LogP contribution in [0.1, 0.15) is 26.0 Å². The summed E-state index contributed by atoms with van der Waals surface area (Å²) in [5, 5.41) is 8.99. The predicted molar refractivity (Wildman–Crippen MR) is 60.0 cm³/mol. The van der Waals surface area contributed by atoms with Gasteiger partial charge in [0.25, 0.3) is 0 Å². The lowest BCUT2D eigenvalue weighted by molar-refractivity contribution is 0.230. The molecule has 0 fully saturated rings. The number of rotatable bonds is 5. The second kappa shape index (κ2) is 6.15. The third-order valence-electron chi connectivity index (χ3n) is 2.47. The average molecular weight is 203 g/mol. The van der Waals surface area contributed by atoms with Gasteiger partial charge in [-0.2, -0.15) is 5.26 Å². The highest BCUT2D eigenvalue weighted by atomic mass is 15.2. The highest BCUT2D eigenvalue weighted by Crippen LogP contribution is 2.07. The maximum absolute atomic E-state index is 8.99. The maximum Gasteiger partial charge on any atom is 0.0978 e. The first-order valence-corrected chi connectivity index (χ1v) is 5.35. The smallest absolute Gasteiger partial charge is 0.0978 e. The van der Waals surface area contributed by atoms with E-state index in [2.05, 4.69) is 22.9 Å². The van der Waals surface area contributed by atoms with E-state index in [1.807, 2.05) is 25.1 Å². The van der Waals surface area contributed by atoms with Crippen LogP contribution in [0.3, 0.4) is 0 Å². The van der Waals surface area contributed by atoms with E-state index in [1.54, 1.807) is 6.20 Å². The van der Waals surface area contributed by atoms with Gasteiger partial charge in [-0.3, -0.25) is 9.88 Å². The van der Waals surface area contributed by atoms with Crippen molar-refractivity contribution in [2.24, 2.45) is 0 Å². The summed E-state index contributed by atoms with van der Waals surface area (Å²) in [6.07, 6.45) is 2.65. The molecule has 1 atom stereocenters. The first kappa shape index (κ1) is 11.7. The second-order valence-electron chi connectivity index (χ2n) is 3.44.